The van der Waals surface area contributed by atoms with Crippen LogP contribution in [0.4, 0.5) is 16.2 Å². The summed E-state index contributed by atoms with van der Waals surface area (Å²) in [6.45, 7) is 0.146. The second kappa shape index (κ2) is 7.55. The Labute approximate surface area is 168 Å². The molecule has 4 rings (SSSR count). The summed E-state index contributed by atoms with van der Waals surface area (Å²) < 4.78 is 15.4. The van der Waals surface area contributed by atoms with E-state index in [-0.39, 0.29) is 12.4 Å². The van der Waals surface area contributed by atoms with Crippen LogP contribution in [0.15, 0.2) is 57.4 Å². The van der Waals surface area contributed by atoms with E-state index in [2.05, 4.69) is 14.9 Å². The number of rotatable bonds is 5. The standard InChI is InChI=1S/C19H12Cl2N2O5/c20-18(24)17-8-11-6-13(2-4-16(11)28-17)23-19(25)22-12-1-3-15-10(5-12)7-14(27-15)9-26-21/h1-8H,9H2,(H2,22,23,25). The Bertz CT molecular complexity index is 1200. The smallest absolute Gasteiger partial charge is 0.323 e. The van der Waals surface area contributed by atoms with Gasteiger partial charge in [0.1, 0.15) is 23.5 Å². The monoisotopic (exact) mass is 418 g/mol. The fraction of sp³-hybridized carbons (Fsp3) is 0.0526. The summed E-state index contributed by atoms with van der Waals surface area (Å²) in [6.07, 6.45) is 0. The molecule has 2 aromatic carbocycles. The number of benzene rings is 2. The van der Waals surface area contributed by atoms with E-state index in [1.54, 1.807) is 42.5 Å². The second-order valence-electron chi connectivity index (χ2n) is 5.93. The van der Waals surface area contributed by atoms with E-state index in [1.807, 2.05) is 0 Å². The molecular formula is C19H12Cl2N2O5. The number of amides is 2. The molecular weight excluding hydrogens is 407 g/mol. The van der Waals surface area contributed by atoms with Gasteiger partial charge in [0.25, 0.3) is 5.24 Å². The van der Waals surface area contributed by atoms with Crippen molar-refractivity contribution in [3.63, 3.8) is 0 Å². The van der Waals surface area contributed by atoms with Crippen molar-refractivity contribution in [2.75, 3.05) is 10.6 Å². The number of furan rings is 2. The quantitative estimate of drug-likeness (QED) is 0.395. The van der Waals surface area contributed by atoms with E-state index in [0.29, 0.717) is 33.7 Å². The number of fused-ring (bicyclic) bond motifs is 2. The first-order valence-corrected chi connectivity index (χ1v) is 8.78. The average Bonchev–Trinajstić information content (AvgIpc) is 3.24. The highest BCUT2D eigenvalue weighted by Crippen LogP contribution is 2.25. The number of hydrogen-bond donors (Lipinski definition) is 2. The maximum absolute atomic E-state index is 12.3. The molecule has 0 saturated heterocycles. The lowest BCUT2D eigenvalue weighted by Gasteiger charge is -2.07. The molecule has 0 radical (unpaired) electrons. The molecule has 28 heavy (non-hydrogen) atoms. The van der Waals surface area contributed by atoms with E-state index >= 15 is 0 Å². The van der Waals surface area contributed by atoms with Crippen LogP contribution in [0, 0.1) is 0 Å². The average molecular weight is 419 g/mol. The third-order valence-electron chi connectivity index (χ3n) is 3.99. The summed E-state index contributed by atoms with van der Waals surface area (Å²) >= 11 is 10.7. The first-order chi connectivity index (χ1) is 13.5. The maximum Gasteiger partial charge on any atom is 0.323 e. The van der Waals surface area contributed by atoms with Crippen molar-refractivity contribution in [1.29, 1.82) is 0 Å². The normalized spacial score (nSPS) is 11.1. The SMILES string of the molecule is O=C(Nc1ccc2oc(COCl)cc2c1)Nc1ccc2oc(C(=O)Cl)cc2c1. The lowest BCUT2D eigenvalue weighted by molar-refractivity contribution is 0.105. The van der Waals surface area contributed by atoms with Gasteiger partial charge in [0.05, 0.1) is 11.9 Å². The first kappa shape index (κ1) is 18.4. The maximum atomic E-state index is 12.3. The molecule has 0 atom stereocenters. The number of carbonyl (C=O) groups excluding carboxylic acids is 2. The fourth-order valence-electron chi connectivity index (χ4n) is 2.81. The van der Waals surface area contributed by atoms with Crippen LogP contribution in [0.2, 0.25) is 0 Å². The third kappa shape index (κ3) is 3.82. The molecule has 0 fully saturated rings. The summed E-state index contributed by atoms with van der Waals surface area (Å²) in [5.74, 6) is 0.625. The minimum Gasteiger partial charge on any atom is -0.459 e. The Kier molecular flexibility index (Phi) is 4.95. The number of anilines is 2. The van der Waals surface area contributed by atoms with Gasteiger partial charge in [-0.15, -0.1) is 0 Å². The van der Waals surface area contributed by atoms with Crippen LogP contribution in [0.5, 0.6) is 0 Å². The Balaban J connectivity index is 1.48. The number of urea groups is 1. The number of hydrogen-bond acceptors (Lipinski definition) is 5. The van der Waals surface area contributed by atoms with Crippen molar-refractivity contribution in [2.45, 2.75) is 6.61 Å². The number of nitrogens with one attached hydrogen (secondary N) is 2. The highest BCUT2D eigenvalue weighted by Gasteiger charge is 2.11. The van der Waals surface area contributed by atoms with Crippen molar-refractivity contribution in [2.24, 2.45) is 0 Å². The predicted octanol–water partition coefficient (Wildman–Crippen LogP) is 5.87. The number of carbonyl (C=O) groups is 2. The second-order valence-corrected chi connectivity index (χ2v) is 6.50. The minimum absolute atomic E-state index is 0.0469. The van der Waals surface area contributed by atoms with Gasteiger partial charge in [-0.3, -0.25) is 9.08 Å². The van der Waals surface area contributed by atoms with Gasteiger partial charge in [-0.2, -0.15) is 0 Å². The molecule has 0 saturated carbocycles. The topological polar surface area (TPSA) is 93.7 Å². The first-order valence-electron chi connectivity index (χ1n) is 8.09. The van der Waals surface area contributed by atoms with Gasteiger partial charge in [-0.05, 0) is 60.1 Å². The van der Waals surface area contributed by atoms with Crippen LogP contribution in [0.1, 0.15) is 16.3 Å². The Morgan fingerprint density at radius 1 is 0.893 bits per heavy atom. The molecule has 4 aromatic rings. The minimum atomic E-state index is -0.682. The molecule has 7 nitrogen and oxygen atoms in total. The molecule has 0 aliphatic heterocycles. The molecule has 0 aliphatic rings. The van der Waals surface area contributed by atoms with Crippen LogP contribution in [0.25, 0.3) is 21.9 Å². The van der Waals surface area contributed by atoms with Gasteiger partial charge in [-0.25, -0.2) is 4.79 Å². The molecule has 9 heteroatoms. The molecule has 0 unspecified atom stereocenters. The summed E-state index contributed by atoms with van der Waals surface area (Å²) in [6, 6.07) is 13.1. The lowest BCUT2D eigenvalue weighted by Crippen LogP contribution is -2.19. The van der Waals surface area contributed by atoms with E-state index < -0.39 is 11.3 Å². The molecule has 2 heterocycles. The van der Waals surface area contributed by atoms with Crippen LogP contribution in [-0.4, -0.2) is 11.3 Å². The van der Waals surface area contributed by atoms with Gasteiger partial charge >= 0.3 is 6.03 Å². The van der Waals surface area contributed by atoms with E-state index in [4.69, 9.17) is 32.3 Å². The summed E-state index contributed by atoms with van der Waals surface area (Å²) in [4.78, 5) is 23.5. The molecule has 0 spiro atoms. The van der Waals surface area contributed by atoms with Crippen molar-refractivity contribution >= 4 is 68.1 Å². The van der Waals surface area contributed by atoms with Crippen molar-refractivity contribution in [1.82, 2.24) is 0 Å². The summed E-state index contributed by atoms with van der Waals surface area (Å²) in [7, 11) is 0. The fourth-order valence-corrected chi connectivity index (χ4v) is 3.01. The highest BCUT2D eigenvalue weighted by atomic mass is 35.5. The summed E-state index contributed by atoms with van der Waals surface area (Å²) in [5, 5.41) is 6.24. The summed E-state index contributed by atoms with van der Waals surface area (Å²) in [5.41, 5.74) is 2.27. The van der Waals surface area contributed by atoms with Crippen molar-refractivity contribution < 1.29 is 22.7 Å². The van der Waals surface area contributed by atoms with Crippen molar-refractivity contribution in [3.05, 3.63) is 60.1 Å². The molecule has 2 amide bonds. The van der Waals surface area contributed by atoms with Gasteiger partial charge in [0.15, 0.2) is 5.76 Å². The van der Waals surface area contributed by atoms with Crippen LogP contribution >= 0.6 is 23.5 Å². The van der Waals surface area contributed by atoms with Gasteiger partial charge in [0, 0.05) is 22.1 Å². The largest absolute Gasteiger partial charge is 0.459 e. The number of halogens is 2. The van der Waals surface area contributed by atoms with Gasteiger partial charge in [0.2, 0.25) is 0 Å². The van der Waals surface area contributed by atoms with Gasteiger partial charge < -0.3 is 19.5 Å². The zero-order valence-corrected chi connectivity index (χ0v) is 15.6. The molecule has 142 valence electrons. The van der Waals surface area contributed by atoms with Crippen LogP contribution in [0.3, 0.4) is 0 Å². The highest BCUT2D eigenvalue weighted by molar-refractivity contribution is 6.67. The predicted molar refractivity (Wildman–Crippen MR) is 106 cm³/mol. The third-order valence-corrected chi connectivity index (χ3v) is 4.29. The zero-order valence-electron chi connectivity index (χ0n) is 14.1. The Morgan fingerprint density at radius 3 is 2.11 bits per heavy atom. The zero-order chi connectivity index (χ0) is 19.7. The molecule has 2 aromatic heterocycles. The Morgan fingerprint density at radius 2 is 1.50 bits per heavy atom. The van der Waals surface area contributed by atoms with Gasteiger partial charge in [-0.1, -0.05) is 0 Å². The van der Waals surface area contributed by atoms with Crippen LogP contribution < -0.4 is 10.6 Å². The molecule has 0 aliphatic carbocycles. The van der Waals surface area contributed by atoms with E-state index in [9.17, 15) is 9.59 Å². The Hall–Kier alpha value is -3.00. The lowest BCUT2D eigenvalue weighted by atomic mass is 10.2. The molecule has 2 N–H and O–H groups in total. The van der Waals surface area contributed by atoms with Crippen LogP contribution in [-0.2, 0) is 10.9 Å². The molecule has 0 bridgehead atoms. The van der Waals surface area contributed by atoms with E-state index in [0.717, 1.165) is 5.39 Å². The van der Waals surface area contributed by atoms with Crippen molar-refractivity contribution in [3.8, 4) is 0 Å². The van der Waals surface area contributed by atoms with E-state index in [1.165, 1.54) is 6.07 Å².